The highest BCUT2D eigenvalue weighted by Crippen LogP contribution is 2.34. The number of halogens is 1. The lowest BCUT2D eigenvalue weighted by Gasteiger charge is -2.01. The number of rotatable bonds is 1. The van der Waals surface area contributed by atoms with Crippen molar-refractivity contribution in [2.45, 2.75) is 0 Å². The molecule has 3 aromatic rings. The van der Waals surface area contributed by atoms with Crippen molar-refractivity contribution in [1.29, 1.82) is 0 Å². The first kappa shape index (κ1) is 11.2. The number of anilines is 1. The quantitative estimate of drug-likeness (QED) is 0.731. The number of nitrogen functional groups attached to an aromatic ring is 1. The van der Waals surface area contributed by atoms with E-state index < -0.39 is 0 Å². The van der Waals surface area contributed by atoms with Gasteiger partial charge in [0.2, 0.25) is 0 Å². The van der Waals surface area contributed by atoms with Gasteiger partial charge in [0.1, 0.15) is 5.82 Å². The van der Waals surface area contributed by atoms with Crippen molar-refractivity contribution in [2.24, 2.45) is 14.1 Å². The van der Waals surface area contributed by atoms with E-state index in [1.54, 1.807) is 4.68 Å². The van der Waals surface area contributed by atoms with Crippen LogP contribution in [0.2, 0.25) is 5.02 Å². The summed E-state index contributed by atoms with van der Waals surface area (Å²) in [6.45, 7) is 0. The molecule has 0 aliphatic rings. The van der Waals surface area contributed by atoms with Gasteiger partial charge in [-0.2, -0.15) is 5.10 Å². The van der Waals surface area contributed by atoms with E-state index in [4.69, 9.17) is 17.3 Å². The summed E-state index contributed by atoms with van der Waals surface area (Å²) in [6.07, 6.45) is 1.90. The Hall–Kier alpha value is -1.94. The number of fused-ring (bicyclic) bond motifs is 1. The van der Waals surface area contributed by atoms with E-state index in [-0.39, 0.29) is 0 Å². The molecule has 0 aliphatic heterocycles. The molecular weight excluding hydrogens is 248 g/mol. The molecule has 5 heteroatoms. The monoisotopic (exact) mass is 260 g/mol. The second-order valence-electron chi connectivity index (χ2n) is 4.37. The molecule has 0 aliphatic carbocycles. The molecule has 0 saturated carbocycles. The molecule has 0 fully saturated rings. The van der Waals surface area contributed by atoms with Crippen LogP contribution in [0, 0.1) is 0 Å². The minimum Gasteiger partial charge on any atom is -0.384 e. The summed E-state index contributed by atoms with van der Waals surface area (Å²) in [4.78, 5) is 0. The number of hydrogen-bond acceptors (Lipinski definition) is 2. The number of hydrogen-bond donors (Lipinski definition) is 1. The Balaban J connectivity index is 2.35. The molecule has 1 aromatic carbocycles. The topological polar surface area (TPSA) is 48.8 Å². The third-order valence-electron chi connectivity index (χ3n) is 3.16. The van der Waals surface area contributed by atoms with E-state index in [1.807, 2.05) is 49.1 Å². The second kappa shape index (κ2) is 3.78. The lowest BCUT2D eigenvalue weighted by molar-refractivity contribution is 0.782. The lowest BCUT2D eigenvalue weighted by Crippen LogP contribution is -1.96. The highest BCUT2D eigenvalue weighted by Gasteiger charge is 2.13. The zero-order valence-electron chi connectivity index (χ0n) is 10.2. The van der Waals surface area contributed by atoms with Crippen molar-refractivity contribution in [2.75, 3.05) is 5.73 Å². The SMILES string of the molecule is Cn1nc(-c2cccc3c2c(Cl)cn3C)cc1N. The van der Waals surface area contributed by atoms with Crippen LogP contribution in [0.4, 0.5) is 5.82 Å². The molecule has 0 unspecified atom stereocenters. The fourth-order valence-corrected chi connectivity index (χ4v) is 2.56. The minimum atomic E-state index is 0.633. The molecule has 0 bridgehead atoms. The van der Waals surface area contributed by atoms with Crippen LogP contribution < -0.4 is 5.73 Å². The third kappa shape index (κ3) is 1.49. The Bertz CT molecular complexity index is 719. The first-order valence-corrected chi connectivity index (χ1v) is 5.99. The fourth-order valence-electron chi connectivity index (χ4n) is 2.22. The molecule has 18 heavy (non-hydrogen) atoms. The molecule has 2 aromatic heterocycles. The zero-order valence-corrected chi connectivity index (χ0v) is 10.9. The predicted octanol–water partition coefficient (Wildman–Crippen LogP) is 2.81. The Morgan fingerprint density at radius 1 is 1.28 bits per heavy atom. The van der Waals surface area contributed by atoms with Crippen molar-refractivity contribution in [3.8, 4) is 11.3 Å². The molecule has 0 amide bonds. The molecule has 0 atom stereocenters. The van der Waals surface area contributed by atoms with Crippen LogP contribution in [0.3, 0.4) is 0 Å². The molecule has 0 saturated heterocycles. The van der Waals surface area contributed by atoms with Gasteiger partial charge in [-0.15, -0.1) is 0 Å². The van der Waals surface area contributed by atoms with Crippen molar-refractivity contribution < 1.29 is 0 Å². The molecule has 2 heterocycles. The van der Waals surface area contributed by atoms with Crippen LogP contribution >= 0.6 is 11.6 Å². The Kier molecular flexibility index (Phi) is 2.35. The lowest BCUT2D eigenvalue weighted by atomic mass is 10.1. The van der Waals surface area contributed by atoms with Gasteiger partial charge in [0, 0.05) is 42.8 Å². The molecule has 0 radical (unpaired) electrons. The predicted molar refractivity (Wildman–Crippen MR) is 74.5 cm³/mol. The Morgan fingerprint density at radius 2 is 2.06 bits per heavy atom. The van der Waals surface area contributed by atoms with Gasteiger partial charge in [0.15, 0.2) is 0 Å². The normalized spacial score (nSPS) is 11.3. The van der Waals surface area contributed by atoms with E-state index >= 15 is 0 Å². The average Bonchev–Trinajstić information content (AvgIpc) is 2.82. The van der Waals surface area contributed by atoms with Crippen molar-refractivity contribution in [1.82, 2.24) is 14.3 Å². The standard InChI is InChI=1S/C13H13ClN4/c1-17-7-9(14)13-8(4-3-5-11(13)17)10-6-12(15)18(2)16-10/h3-7H,15H2,1-2H3. The van der Waals surface area contributed by atoms with E-state index in [0.29, 0.717) is 5.82 Å². The summed E-state index contributed by atoms with van der Waals surface area (Å²) >= 11 is 6.29. The smallest absolute Gasteiger partial charge is 0.121 e. The van der Waals surface area contributed by atoms with Gasteiger partial charge >= 0.3 is 0 Å². The van der Waals surface area contributed by atoms with Crippen LogP contribution in [0.25, 0.3) is 22.2 Å². The highest BCUT2D eigenvalue weighted by atomic mass is 35.5. The van der Waals surface area contributed by atoms with Gasteiger partial charge in [-0.05, 0) is 6.07 Å². The van der Waals surface area contributed by atoms with E-state index in [0.717, 1.165) is 27.2 Å². The number of aromatic nitrogens is 3. The number of benzene rings is 1. The summed E-state index contributed by atoms with van der Waals surface area (Å²) in [5.74, 6) is 0.633. The van der Waals surface area contributed by atoms with E-state index in [1.165, 1.54) is 0 Å². The maximum Gasteiger partial charge on any atom is 0.121 e. The van der Waals surface area contributed by atoms with Gasteiger partial charge in [-0.3, -0.25) is 4.68 Å². The van der Waals surface area contributed by atoms with Crippen LogP contribution in [-0.2, 0) is 14.1 Å². The summed E-state index contributed by atoms with van der Waals surface area (Å²) in [5, 5.41) is 6.15. The third-order valence-corrected chi connectivity index (χ3v) is 3.45. The van der Waals surface area contributed by atoms with Gasteiger partial charge < -0.3 is 10.3 Å². The van der Waals surface area contributed by atoms with E-state index in [2.05, 4.69) is 5.10 Å². The summed E-state index contributed by atoms with van der Waals surface area (Å²) in [7, 11) is 3.80. The Morgan fingerprint density at radius 3 is 2.72 bits per heavy atom. The van der Waals surface area contributed by atoms with Crippen molar-refractivity contribution >= 4 is 28.3 Å². The second-order valence-corrected chi connectivity index (χ2v) is 4.77. The number of nitrogens with two attached hydrogens (primary N) is 1. The van der Waals surface area contributed by atoms with E-state index in [9.17, 15) is 0 Å². The maximum atomic E-state index is 6.29. The molecular formula is C13H13ClN4. The molecule has 3 rings (SSSR count). The molecule has 2 N–H and O–H groups in total. The molecule has 4 nitrogen and oxygen atoms in total. The van der Waals surface area contributed by atoms with Gasteiger partial charge in [-0.1, -0.05) is 23.7 Å². The highest BCUT2D eigenvalue weighted by molar-refractivity contribution is 6.36. The van der Waals surface area contributed by atoms with Crippen LogP contribution in [-0.4, -0.2) is 14.3 Å². The minimum absolute atomic E-state index is 0.633. The first-order chi connectivity index (χ1) is 8.58. The van der Waals surface area contributed by atoms with Crippen LogP contribution in [0.5, 0.6) is 0 Å². The summed E-state index contributed by atoms with van der Waals surface area (Å²) < 4.78 is 3.67. The van der Waals surface area contributed by atoms with Gasteiger partial charge in [0.05, 0.1) is 10.7 Å². The summed E-state index contributed by atoms with van der Waals surface area (Å²) in [5.41, 5.74) is 8.76. The van der Waals surface area contributed by atoms with Crippen LogP contribution in [0.1, 0.15) is 0 Å². The van der Waals surface area contributed by atoms with Crippen molar-refractivity contribution in [3.63, 3.8) is 0 Å². The number of nitrogens with zero attached hydrogens (tertiary/aromatic N) is 3. The Labute approximate surface area is 110 Å². The summed E-state index contributed by atoms with van der Waals surface area (Å²) in [6, 6.07) is 7.91. The molecule has 92 valence electrons. The van der Waals surface area contributed by atoms with Crippen LogP contribution in [0.15, 0.2) is 30.5 Å². The largest absolute Gasteiger partial charge is 0.384 e. The zero-order chi connectivity index (χ0) is 12.9. The van der Waals surface area contributed by atoms with Crippen molar-refractivity contribution in [3.05, 3.63) is 35.5 Å². The van der Waals surface area contributed by atoms with Gasteiger partial charge in [-0.25, -0.2) is 0 Å². The first-order valence-electron chi connectivity index (χ1n) is 5.61. The molecule has 0 spiro atoms. The fraction of sp³-hybridized carbons (Fsp3) is 0.154. The van der Waals surface area contributed by atoms with Gasteiger partial charge in [0.25, 0.3) is 0 Å². The number of aryl methyl sites for hydroxylation is 2. The average molecular weight is 261 g/mol. The maximum absolute atomic E-state index is 6.29.